The van der Waals surface area contributed by atoms with E-state index in [0.717, 1.165) is 10.7 Å². The lowest BCUT2D eigenvalue weighted by Crippen LogP contribution is -2.41. The molecule has 0 bridgehead atoms. The van der Waals surface area contributed by atoms with Crippen molar-refractivity contribution >= 4 is 12.0 Å². The molecule has 2 heterocycles. The molecule has 162 valence electrons. The molecular formula is C20H23F3N4O3. The van der Waals surface area contributed by atoms with Crippen molar-refractivity contribution in [2.45, 2.75) is 45.0 Å². The molecule has 0 spiro atoms. The maximum Gasteiger partial charge on any atom is 0.435 e. The van der Waals surface area contributed by atoms with E-state index in [2.05, 4.69) is 10.4 Å². The van der Waals surface area contributed by atoms with Gasteiger partial charge >= 0.3 is 12.3 Å². The summed E-state index contributed by atoms with van der Waals surface area (Å²) in [6, 6.07) is 6.84. The minimum atomic E-state index is -4.51. The van der Waals surface area contributed by atoms with Crippen LogP contribution in [0.4, 0.5) is 18.0 Å². The van der Waals surface area contributed by atoms with Crippen LogP contribution in [0.15, 0.2) is 36.5 Å². The summed E-state index contributed by atoms with van der Waals surface area (Å²) in [5.74, 6) is -0.216. The van der Waals surface area contributed by atoms with Crippen LogP contribution >= 0.6 is 0 Å². The highest BCUT2D eigenvalue weighted by molar-refractivity contribution is 5.94. The standard InChI is InChI=1S/C20H23F3N4O3/c1-19(2,3)30-18(29)24-14-8-10-26(12-14)17(28)13-4-6-15(7-5-13)27-11-9-16(25-27)20(21,22)23/h4-7,9,11,14H,8,10,12H2,1-3H3,(H,24,29). The summed E-state index contributed by atoms with van der Waals surface area (Å²) in [5.41, 5.74) is -0.772. The van der Waals surface area contributed by atoms with E-state index in [1.54, 1.807) is 37.8 Å². The Kier molecular flexibility index (Phi) is 5.78. The van der Waals surface area contributed by atoms with Gasteiger partial charge in [-0.2, -0.15) is 18.3 Å². The molecular weight excluding hydrogens is 401 g/mol. The number of halogens is 3. The summed E-state index contributed by atoms with van der Waals surface area (Å²) >= 11 is 0. The number of amides is 2. The SMILES string of the molecule is CC(C)(C)OC(=O)NC1CCN(C(=O)c2ccc(-n3ccc(C(F)(F)F)n3)cc2)C1. The van der Waals surface area contributed by atoms with Gasteiger partial charge in [0, 0.05) is 24.8 Å². The summed E-state index contributed by atoms with van der Waals surface area (Å²) < 4.78 is 44.4. The van der Waals surface area contributed by atoms with Gasteiger partial charge in [0.25, 0.3) is 5.91 Å². The third-order valence-electron chi connectivity index (χ3n) is 4.45. The fourth-order valence-corrected chi connectivity index (χ4v) is 3.10. The van der Waals surface area contributed by atoms with E-state index in [0.29, 0.717) is 30.8 Å². The number of hydrogen-bond acceptors (Lipinski definition) is 4. The smallest absolute Gasteiger partial charge is 0.435 e. The zero-order valence-electron chi connectivity index (χ0n) is 16.9. The van der Waals surface area contributed by atoms with Gasteiger partial charge in [-0.3, -0.25) is 4.79 Å². The lowest BCUT2D eigenvalue weighted by atomic mass is 10.2. The summed E-state index contributed by atoms with van der Waals surface area (Å²) in [4.78, 5) is 26.2. The minimum Gasteiger partial charge on any atom is -0.444 e. The topological polar surface area (TPSA) is 76.5 Å². The van der Waals surface area contributed by atoms with Crippen LogP contribution in [0.25, 0.3) is 5.69 Å². The second-order valence-corrected chi connectivity index (χ2v) is 8.07. The van der Waals surface area contributed by atoms with Crippen LogP contribution in [-0.4, -0.2) is 51.4 Å². The number of nitrogens with zero attached hydrogens (tertiary/aromatic N) is 3. The van der Waals surface area contributed by atoms with Crippen LogP contribution in [0.3, 0.4) is 0 Å². The lowest BCUT2D eigenvalue weighted by Gasteiger charge is -2.22. The van der Waals surface area contributed by atoms with Crippen LogP contribution in [0.1, 0.15) is 43.2 Å². The molecule has 1 aliphatic rings. The summed E-state index contributed by atoms with van der Waals surface area (Å²) in [5, 5.41) is 6.27. The Hall–Kier alpha value is -3.04. The van der Waals surface area contributed by atoms with E-state index in [-0.39, 0.29) is 11.9 Å². The molecule has 1 aliphatic heterocycles. The summed E-state index contributed by atoms with van der Waals surface area (Å²) in [6.07, 6.45) is -3.21. The number of alkyl carbamates (subject to hydrolysis) is 1. The Morgan fingerprint density at radius 2 is 1.80 bits per heavy atom. The van der Waals surface area contributed by atoms with E-state index in [4.69, 9.17) is 4.74 Å². The molecule has 1 N–H and O–H groups in total. The second-order valence-electron chi connectivity index (χ2n) is 8.07. The van der Waals surface area contributed by atoms with Crippen molar-refractivity contribution in [3.05, 3.63) is 47.8 Å². The van der Waals surface area contributed by atoms with Crippen molar-refractivity contribution < 1.29 is 27.5 Å². The first-order valence-electron chi connectivity index (χ1n) is 9.44. The van der Waals surface area contributed by atoms with Gasteiger partial charge in [-0.1, -0.05) is 0 Å². The zero-order valence-corrected chi connectivity index (χ0v) is 16.9. The Labute approximate surface area is 171 Å². The highest BCUT2D eigenvalue weighted by Gasteiger charge is 2.34. The normalized spacial score (nSPS) is 17.1. The van der Waals surface area contributed by atoms with Crippen molar-refractivity contribution in [2.75, 3.05) is 13.1 Å². The number of alkyl halides is 3. The van der Waals surface area contributed by atoms with Gasteiger partial charge in [0.15, 0.2) is 5.69 Å². The molecule has 30 heavy (non-hydrogen) atoms. The predicted octanol–water partition coefficient (Wildman–Crippen LogP) is 3.63. The predicted molar refractivity (Wildman–Crippen MR) is 102 cm³/mol. The van der Waals surface area contributed by atoms with E-state index in [1.807, 2.05) is 0 Å². The Morgan fingerprint density at radius 3 is 2.37 bits per heavy atom. The molecule has 0 aliphatic carbocycles. The number of benzene rings is 1. The quantitative estimate of drug-likeness (QED) is 0.817. The highest BCUT2D eigenvalue weighted by Crippen LogP contribution is 2.28. The molecule has 1 atom stereocenters. The lowest BCUT2D eigenvalue weighted by molar-refractivity contribution is -0.141. The van der Waals surface area contributed by atoms with Gasteiger partial charge < -0.3 is 15.0 Å². The molecule has 2 amide bonds. The molecule has 2 aromatic rings. The van der Waals surface area contributed by atoms with Gasteiger partial charge in [0.05, 0.1) is 11.7 Å². The molecule has 10 heteroatoms. The molecule has 1 fully saturated rings. The van der Waals surface area contributed by atoms with Crippen LogP contribution in [0.2, 0.25) is 0 Å². The number of aromatic nitrogens is 2. The fraction of sp³-hybridized carbons (Fsp3) is 0.450. The third kappa shape index (κ3) is 5.31. The maximum absolute atomic E-state index is 12.7. The van der Waals surface area contributed by atoms with Gasteiger partial charge in [-0.15, -0.1) is 0 Å². The van der Waals surface area contributed by atoms with Crippen molar-refractivity contribution in [1.82, 2.24) is 20.0 Å². The number of nitrogens with one attached hydrogen (secondary N) is 1. The molecule has 7 nitrogen and oxygen atoms in total. The van der Waals surface area contributed by atoms with E-state index in [1.165, 1.54) is 18.3 Å². The molecule has 1 aromatic carbocycles. The Balaban J connectivity index is 1.60. The number of rotatable bonds is 3. The molecule has 1 unspecified atom stereocenters. The minimum absolute atomic E-state index is 0.201. The van der Waals surface area contributed by atoms with Crippen molar-refractivity contribution in [1.29, 1.82) is 0 Å². The Morgan fingerprint density at radius 1 is 1.13 bits per heavy atom. The number of carbonyl (C=O) groups is 2. The number of likely N-dealkylation sites (tertiary alicyclic amines) is 1. The molecule has 0 saturated carbocycles. The van der Waals surface area contributed by atoms with Crippen molar-refractivity contribution in [3.63, 3.8) is 0 Å². The van der Waals surface area contributed by atoms with E-state index < -0.39 is 23.6 Å². The van der Waals surface area contributed by atoms with Crippen molar-refractivity contribution in [2.24, 2.45) is 0 Å². The fourth-order valence-electron chi connectivity index (χ4n) is 3.10. The zero-order chi connectivity index (χ0) is 22.1. The third-order valence-corrected chi connectivity index (χ3v) is 4.45. The van der Waals surface area contributed by atoms with Gasteiger partial charge in [0.2, 0.25) is 0 Å². The number of carbonyl (C=O) groups excluding carboxylic acids is 2. The maximum atomic E-state index is 12.7. The first-order chi connectivity index (χ1) is 13.9. The van der Waals surface area contributed by atoms with Gasteiger partial charge in [0.1, 0.15) is 5.60 Å². The Bertz CT molecular complexity index is 917. The van der Waals surface area contributed by atoms with Crippen LogP contribution in [0.5, 0.6) is 0 Å². The highest BCUT2D eigenvalue weighted by atomic mass is 19.4. The number of ether oxygens (including phenoxy) is 1. The largest absolute Gasteiger partial charge is 0.444 e. The first kappa shape index (κ1) is 21.7. The summed E-state index contributed by atoms with van der Waals surface area (Å²) in [6.45, 7) is 6.15. The molecule has 0 radical (unpaired) electrons. The number of hydrogen-bond donors (Lipinski definition) is 1. The van der Waals surface area contributed by atoms with Crippen LogP contribution in [-0.2, 0) is 10.9 Å². The first-order valence-corrected chi connectivity index (χ1v) is 9.44. The molecule has 1 saturated heterocycles. The van der Waals surface area contributed by atoms with E-state index >= 15 is 0 Å². The van der Waals surface area contributed by atoms with Crippen molar-refractivity contribution in [3.8, 4) is 5.69 Å². The monoisotopic (exact) mass is 424 g/mol. The van der Waals surface area contributed by atoms with Gasteiger partial charge in [-0.25, -0.2) is 9.48 Å². The van der Waals surface area contributed by atoms with Gasteiger partial charge in [-0.05, 0) is 57.5 Å². The average Bonchev–Trinajstić information content (AvgIpc) is 3.29. The molecule has 1 aromatic heterocycles. The van der Waals surface area contributed by atoms with Crippen LogP contribution < -0.4 is 5.32 Å². The average molecular weight is 424 g/mol. The van der Waals surface area contributed by atoms with Crippen LogP contribution in [0, 0.1) is 0 Å². The summed E-state index contributed by atoms with van der Waals surface area (Å²) in [7, 11) is 0. The molecule has 3 rings (SSSR count). The second kappa shape index (κ2) is 8.00. The van der Waals surface area contributed by atoms with E-state index in [9.17, 15) is 22.8 Å².